The van der Waals surface area contributed by atoms with Gasteiger partial charge >= 0.3 is 0 Å². The Kier molecular flexibility index (Phi) is 6.06. The lowest BCUT2D eigenvalue weighted by Crippen LogP contribution is -2.31. The van der Waals surface area contributed by atoms with Crippen LogP contribution in [0.3, 0.4) is 0 Å². The monoisotopic (exact) mass is 347 g/mol. The molecule has 0 N–H and O–H groups in total. The minimum Gasteiger partial charge on any atom is -0.342 e. The Bertz CT molecular complexity index is 595. The third-order valence-electron chi connectivity index (χ3n) is 5.23. The van der Waals surface area contributed by atoms with Crippen LogP contribution in [-0.2, 0) is 11.3 Å². The van der Waals surface area contributed by atoms with Gasteiger partial charge < -0.3 is 9.80 Å². The number of allylic oxidation sites excluding steroid dienone is 1. The molecule has 24 heavy (non-hydrogen) atoms. The number of aryl methyl sites for hydroxylation is 1. The van der Waals surface area contributed by atoms with Crippen molar-refractivity contribution in [3.05, 3.63) is 27.7 Å². The molecule has 0 bridgehead atoms. The van der Waals surface area contributed by atoms with Crippen LogP contribution in [0.15, 0.2) is 17.2 Å². The molecule has 132 valence electrons. The number of hydrogen-bond acceptors (Lipinski definition) is 4. The molecule has 3 rings (SSSR count). The Morgan fingerprint density at radius 1 is 1.46 bits per heavy atom. The van der Waals surface area contributed by atoms with Crippen molar-refractivity contribution in [3.63, 3.8) is 0 Å². The zero-order valence-electron chi connectivity index (χ0n) is 15.0. The molecule has 4 nitrogen and oxygen atoms in total. The molecule has 2 heterocycles. The summed E-state index contributed by atoms with van der Waals surface area (Å²) in [4.78, 5) is 22.7. The van der Waals surface area contributed by atoms with Gasteiger partial charge in [0, 0.05) is 37.5 Å². The molecule has 1 atom stereocenters. The molecule has 0 aromatic carbocycles. The molecule has 1 aromatic heterocycles. The van der Waals surface area contributed by atoms with Crippen LogP contribution in [0.4, 0.5) is 0 Å². The molecule has 0 spiro atoms. The van der Waals surface area contributed by atoms with E-state index >= 15 is 0 Å². The van der Waals surface area contributed by atoms with E-state index in [0.717, 1.165) is 51.1 Å². The van der Waals surface area contributed by atoms with Crippen LogP contribution in [0, 0.1) is 12.8 Å². The standard InChI is InChI=1S/C19H29N3OS/c1-15-18(24-14-20-15)13-21(2)11-17-8-9-22(12-17)19(23)10-16-6-4-3-5-7-16/h6,14,17H,3-5,7-13H2,1-2H3. The van der Waals surface area contributed by atoms with Crippen molar-refractivity contribution >= 4 is 17.2 Å². The SMILES string of the molecule is Cc1ncsc1CN(C)CC1CCN(C(=O)CC2=CCCCC2)C1. The number of amides is 1. The van der Waals surface area contributed by atoms with E-state index in [-0.39, 0.29) is 0 Å². The van der Waals surface area contributed by atoms with Crippen molar-refractivity contribution in [1.82, 2.24) is 14.8 Å². The first kappa shape index (κ1) is 17.6. The van der Waals surface area contributed by atoms with Gasteiger partial charge in [0.1, 0.15) is 0 Å². The lowest BCUT2D eigenvalue weighted by Gasteiger charge is -2.22. The van der Waals surface area contributed by atoms with E-state index in [2.05, 4.69) is 34.8 Å². The predicted molar refractivity (Wildman–Crippen MR) is 99.0 cm³/mol. The Morgan fingerprint density at radius 3 is 3.04 bits per heavy atom. The molecule has 1 fully saturated rings. The first-order valence-electron chi connectivity index (χ1n) is 9.15. The van der Waals surface area contributed by atoms with Crippen LogP contribution >= 0.6 is 11.3 Å². The highest BCUT2D eigenvalue weighted by molar-refractivity contribution is 7.09. The molecular weight excluding hydrogens is 318 g/mol. The summed E-state index contributed by atoms with van der Waals surface area (Å²) < 4.78 is 0. The minimum atomic E-state index is 0.339. The van der Waals surface area contributed by atoms with E-state index in [4.69, 9.17) is 0 Å². The van der Waals surface area contributed by atoms with Crippen LogP contribution in [0.1, 0.15) is 49.1 Å². The quantitative estimate of drug-likeness (QED) is 0.738. The van der Waals surface area contributed by atoms with Gasteiger partial charge in [0.2, 0.25) is 5.91 Å². The van der Waals surface area contributed by atoms with Gasteiger partial charge in [-0.1, -0.05) is 11.6 Å². The second-order valence-electron chi connectivity index (χ2n) is 7.34. The van der Waals surface area contributed by atoms with Crippen LogP contribution in [0.25, 0.3) is 0 Å². The van der Waals surface area contributed by atoms with E-state index in [1.54, 1.807) is 11.3 Å². The van der Waals surface area contributed by atoms with Crippen molar-refractivity contribution in [2.75, 3.05) is 26.7 Å². The molecular formula is C19H29N3OS. The predicted octanol–water partition coefficient (Wildman–Crippen LogP) is 3.62. The number of hydrogen-bond donors (Lipinski definition) is 0. The summed E-state index contributed by atoms with van der Waals surface area (Å²) in [5, 5.41) is 0. The Morgan fingerprint density at radius 2 is 2.33 bits per heavy atom. The number of likely N-dealkylation sites (tertiary alicyclic amines) is 1. The van der Waals surface area contributed by atoms with Gasteiger partial charge in [-0.15, -0.1) is 11.3 Å². The van der Waals surface area contributed by atoms with Gasteiger partial charge in [-0.2, -0.15) is 0 Å². The van der Waals surface area contributed by atoms with E-state index in [9.17, 15) is 4.79 Å². The summed E-state index contributed by atoms with van der Waals surface area (Å²) in [6.07, 6.45) is 8.91. The van der Waals surface area contributed by atoms with Crippen molar-refractivity contribution in [2.45, 2.75) is 52.0 Å². The molecule has 5 heteroatoms. The zero-order valence-corrected chi connectivity index (χ0v) is 15.8. The molecule has 1 aromatic rings. The Hall–Kier alpha value is -1.20. The third-order valence-corrected chi connectivity index (χ3v) is 6.15. The highest BCUT2D eigenvalue weighted by atomic mass is 32.1. The number of rotatable bonds is 6. The van der Waals surface area contributed by atoms with Crippen LogP contribution in [0.2, 0.25) is 0 Å². The van der Waals surface area contributed by atoms with Gasteiger partial charge in [-0.25, -0.2) is 4.98 Å². The minimum absolute atomic E-state index is 0.339. The number of thiazole rings is 1. The average molecular weight is 348 g/mol. The maximum absolute atomic E-state index is 12.5. The fourth-order valence-electron chi connectivity index (χ4n) is 3.81. The summed E-state index contributed by atoms with van der Waals surface area (Å²) in [5.74, 6) is 0.944. The fourth-order valence-corrected chi connectivity index (χ4v) is 4.66. The van der Waals surface area contributed by atoms with Crippen LogP contribution < -0.4 is 0 Å². The smallest absolute Gasteiger partial charge is 0.226 e. The maximum atomic E-state index is 12.5. The Balaban J connectivity index is 1.44. The van der Waals surface area contributed by atoms with Crippen molar-refractivity contribution in [1.29, 1.82) is 0 Å². The molecule has 1 amide bonds. The van der Waals surface area contributed by atoms with Gasteiger partial charge in [-0.05, 0) is 52.0 Å². The van der Waals surface area contributed by atoms with Gasteiger partial charge in [0.25, 0.3) is 0 Å². The Labute approximate surface area is 149 Å². The number of aromatic nitrogens is 1. The second kappa shape index (κ2) is 8.26. The van der Waals surface area contributed by atoms with E-state index in [1.165, 1.54) is 23.3 Å². The number of carbonyl (C=O) groups excluding carboxylic acids is 1. The number of nitrogens with zero attached hydrogens (tertiary/aromatic N) is 3. The maximum Gasteiger partial charge on any atom is 0.226 e. The molecule has 0 radical (unpaired) electrons. The topological polar surface area (TPSA) is 36.4 Å². The van der Waals surface area contributed by atoms with Crippen molar-refractivity contribution in [2.24, 2.45) is 5.92 Å². The summed E-state index contributed by atoms with van der Waals surface area (Å²) in [6.45, 7) is 5.97. The zero-order chi connectivity index (χ0) is 16.9. The summed E-state index contributed by atoms with van der Waals surface area (Å²) >= 11 is 1.74. The number of carbonyl (C=O) groups is 1. The molecule has 1 saturated heterocycles. The third kappa shape index (κ3) is 4.67. The lowest BCUT2D eigenvalue weighted by atomic mass is 9.97. The largest absolute Gasteiger partial charge is 0.342 e. The molecule has 0 saturated carbocycles. The molecule has 1 unspecified atom stereocenters. The van der Waals surface area contributed by atoms with E-state index < -0.39 is 0 Å². The molecule has 1 aliphatic heterocycles. The highest BCUT2D eigenvalue weighted by Crippen LogP contribution is 2.24. The van der Waals surface area contributed by atoms with Crippen molar-refractivity contribution < 1.29 is 4.79 Å². The van der Waals surface area contributed by atoms with Gasteiger partial charge in [-0.3, -0.25) is 4.79 Å². The lowest BCUT2D eigenvalue weighted by molar-refractivity contribution is -0.129. The first-order valence-corrected chi connectivity index (χ1v) is 10.0. The van der Waals surface area contributed by atoms with Gasteiger partial charge in [0.15, 0.2) is 0 Å². The van der Waals surface area contributed by atoms with E-state index in [1.807, 2.05) is 5.51 Å². The van der Waals surface area contributed by atoms with Crippen LogP contribution in [0.5, 0.6) is 0 Å². The van der Waals surface area contributed by atoms with E-state index in [0.29, 0.717) is 18.2 Å². The van der Waals surface area contributed by atoms with Crippen molar-refractivity contribution in [3.8, 4) is 0 Å². The highest BCUT2D eigenvalue weighted by Gasteiger charge is 2.27. The normalized spacial score (nSPS) is 21.4. The summed E-state index contributed by atoms with van der Waals surface area (Å²) in [5.41, 5.74) is 4.44. The first-order chi connectivity index (χ1) is 11.6. The summed E-state index contributed by atoms with van der Waals surface area (Å²) in [7, 11) is 2.18. The fraction of sp³-hybridized carbons (Fsp3) is 0.684. The molecule has 1 aliphatic carbocycles. The average Bonchev–Trinajstić information content (AvgIpc) is 3.18. The molecule has 2 aliphatic rings. The summed E-state index contributed by atoms with van der Waals surface area (Å²) in [6, 6.07) is 0. The van der Waals surface area contributed by atoms with Gasteiger partial charge in [0.05, 0.1) is 11.2 Å². The van der Waals surface area contributed by atoms with Crippen LogP contribution in [-0.4, -0.2) is 47.4 Å². The second-order valence-corrected chi connectivity index (χ2v) is 8.28.